The minimum absolute atomic E-state index is 0.0188. The van der Waals surface area contributed by atoms with E-state index in [0.717, 1.165) is 15.6 Å². The Morgan fingerprint density at radius 3 is 3.08 bits per heavy atom. The number of nitrogens with two attached hydrogens (primary N) is 1. The Balaban J connectivity index is 2.48. The molecule has 5 heteroatoms. The highest BCUT2D eigenvalue weighted by atomic mass is 32.1. The zero-order valence-electron chi connectivity index (χ0n) is 6.63. The van der Waals surface area contributed by atoms with Crippen LogP contribution in [0.5, 0.6) is 0 Å². The molecule has 2 rings (SSSR count). The van der Waals surface area contributed by atoms with Gasteiger partial charge in [-0.3, -0.25) is 4.79 Å². The fraction of sp³-hybridized carbons (Fsp3) is 0.429. The van der Waals surface area contributed by atoms with Crippen LogP contribution in [0.3, 0.4) is 0 Å². The van der Waals surface area contributed by atoms with Crippen molar-refractivity contribution in [3.8, 4) is 0 Å². The normalized spacial score (nSPS) is 20.8. The van der Waals surface area contributed by atoms with Gasteiger partial charge in [-0.25, -0.2) is 4.98 Å². The average molecular weight is 183 g/mol. The van der Waals surface area contributed by atoms with Crippen molar-refractivity contribution in [2.24, 2.45) is 5.73 Å². The van der Waals surface area contributed by atoms with E-state index in [4.69, 9.17) is 5.73 Å². The molecule has 1 aromatic heterocycles. The first-order chi connectivity index (χ1) is 5.72. The van der Waals surface area contributed by atoms with Gasteiger partial charge in [-0.15, -0.1) is 11.3 Å². The van der Waals surface area contributed by atoms with Crippen molar-refractivity contribution in [3.05, 3.63) is 15.6 Å². The molecular weight excluding hydrogens is 174 g/mol. The van der Waals surface area contributed by atoms with Crippen LogP contribution in [0.4, 0.5) is 0 Å². The summed E-state index contributed by atoms with van der Waals surface area (Å²) in [7, 11) is 0. The molecule has 0 bridgehead atoms. The summed E-state index contributed by atoms with van der Waals surface area (Å²) in [5, 5.41) is 3.62. The van der Waals surface area contributed by atoms with Gasteiger partial charge in [0.15, 0.2) is 0 Å². The van der Waals surface area contributed by atoms with Gasteiger partial charge >= 0.3 is 0 Å². The number of nitrogens with zero attached hydrogens (tertiary/aromatic N) is 1. The lowest BCUT2D eigenvalue weighted by atomic mass is 10.3. The average Bonchev–Trinajstić information content (AvgIpc) is 2.55. The molecule has 0 saturated carbocycles. The Kier molecular flexibility index (Phi) is 1.62. The smallest absolute Gasteiger partial charge is 0.263 e. The van der Waals surface area contributed by atoms with Crippen LogP contribution in [0.1, 0.15) is 33.3 Å². The molecule has 1 unspecified atom stereocenters. The van der Waals surface area contributed by atoms with E-state index in [9.17, 15) is 4.79 Å². The van der Waals surface area contributed by atoms with Crippen molar-refractivity contribution in [2.45, 2.75) is 19.5 Å². The molecule has 12 heavy (non-hydrogen) atoms. The Hall–Kier alpha value is -0.940. The molecular formula is C7H9N3OS. The maximum absolute atomic E-state index is 11.2. The molecule has 4 nitrogen and oxygen atoms in total. The summed E-state index contributed by atoms with van der Waals surface area (Å²) in [5.41, 5.74) is 6.27. The summed E-state index contributed by atoms with van der Waals surface area (Å²) < 4.78 is 0. The van der Waals surface area contributed by atoms with E-state index in [1.165, 1.54) is 11.3 Å². The van der Waals surface area contributed by atoms with Gasteiger partial charge in [-0.05, 0) is 6.92 Å². The second-order valence-corrected chi connectivity index (χ2v) is 3.80. The zero-order chi connectivity index (χ0) is 8.72. The lowest BCUT2D eigenvalue weighted by Crippen LogP contribution is -2.17. The molecule has 1 amide bonds. The lowest BCUT2D eigenvalue weighted by Gasteiger charge is -1.99. The van der Waals surface area contributed by atoms with Crippen molar-refractivity contribution in [1.29, 1.82) is 0 Å². The number of hydrogen-bond acceptors (Lipinski definition) is 4. The Bertz CT molecular complexity index is 333. The van der Waals surface area contributed by atoms with Crippen LogP contribution in [0.15, 0.2) is 0 Å². The number of fused-ring (bicyclic) bond motifs is 1. The standard InChI is InChI=1S/C7H9N3OS/c1-3-5-6(7(11)9-3)12-4(2-8)10-5/h3H,2,8H2,1H3,(H,9,11). The Morgan fingerprint density at radius 2 is 2.50 bits per heavy atom. The SMILES string of the molecule is CC1NC(=O)c2sc(CN)nc21. The molecule has 1 aliphatic heterocycles. The monoisotopic (exact) mass is 183 g/mol. The number of carbonyl (C=O) groups excluding carboxylic acids is 1. The Labute approximate surface area is 73.8 Å². The second kappa shape index (κ2) is 2.53. The molecule has 0 aromatic carbocycles. The Morgan fingerprint density at radius 1 is 1.75 bits per heavy atom. The van der Waals surface area contributed by atoms with E-state index in [0.29, 0.717) is 6.54 Å². The molecule has 0 aliphatic carbocycles. The molecule has 3 N–H and O–H groups in total. The fourth-order valence-electron chi connectivity index (χ4n) is 1.25. The van der Waals surface area contributed by atoms with E-state index in [2.05, 4.69) is 10.3 Å². The van der Waals surface area contributed by atoms with E-state index in [1.54, 1.807) is 0 Å². The van der Waals surface area contributed by atoms with E-state index in [1.807, 2.05) is 6.92 Å². The predicted octanol–water partition coefficient (Wildman–Crippen LogP) is 0.406. The third kappa shape index (κ3) is 0.937. The highest BCUT2D eigenvalue weighted by Crippen LogP contribution is 2.28. The first kappa shape index (κ1) is 7.70. The summed E-state index contributed by atoms with van der Waals surface area (Å²) in [5.74, 6) is -0.0188. The number of amides is 1. The van der Waals surface area contributed by atoms with Gasteiger partial charge in [0, 0.05) is 6.54 Å². The quantitative estimate of drug-likeness (QED) is 0.662. The maximum atomic E-state index is 11.2. The van der Waals surface area contributed by atoms with Gasteiger partial charge in [-0.2, -0.15) is 0 Å². The van der Waals surface area contributed by atoms with Crippen LogP contribution in [0, 0.1) is 0 Å². The van der Waals surface area contributed by atoms with Gasteiger partial charge in [0.2, 0.25) is 0 Å². The van der Waals surface area contributed by atoms with Crippen molar-refractivity contribution in [3.63, 3.8) is 0 Å². The van der Waals surface area contributed by atoms with Crippen molar-refractivity contribution < 1.29 is 4.79 Å². The summed E-state index contributed by atoms with van der Waals surface area (Å²) in [6.07, 6.45) is 0. The number of thiazole rings is 1. The summed E-state index contributed by atoms with van der Waals surface area (Å²) in [4.78, 5) is 16.2. The van der Waals surface area contributed by atoms with E-state index >= 15 is 0 Å². The third-order valence-corrected chi connectivity index (χ3v) is 2.93. The van der Waals surface area contributed by atoms with E-state index < -0.39 is 0 Å². The molecule has 0 saturated heterocycles. The number of hydrogen-bond donors (Lipinski definition) is 2. The minimum atomic E-state index is -0.0188. The van der Waals surface area contributed by atoms with Gasteiger partial charge in [0.05, 0.1) is 11.7 Å². The first-order valence-corrected chi connectivity index (χ1v) is 4.54. The summed E-state index contributed by atoms with van der Waals surface area (Å²) >= 11 is 1.39. The molecule has 0 radical (unpaired) electrons. The largest absolute Gasteiger partial charge is 0.343 e. The number of nitrogens with one attached hydrogen (secondary N) is 1. The molecule has 64 valence electrons. The number of aromatic nitrogens is 1. The predicted molar refractivity (Wildman–Crippen MR) is 45.9 cm³/mol. The van der Waals surface area contributed by atoms with Crippen LogP contribution >= 0.6 is 11.3 Å². The van der Waals surface area contributed by atoms with Crippen LogP contribution in [0.25, 0.3) is 0 Å². The summed E-state index contributed by atoms with van der Waals surface area (Å²) in [6.45, 7) is 2.33. The highest BCUT2D eigenvalue weighted by Gasteiger charge is 2.29. The second-order valence-electron chi connectivity index (χ2n) is 2.72. The third-order valence-electron chi connectivity index (χ3n) is 1.84. The molecule has 0 spiro atoms. The van der Waals surface area contributed by atoms with Crippen LogP contribution in [-0.2, 0) is 6.54 Å². The van der Waals surface area contributed by atoms with Gasteiger partial charge < -0.3 is 11.1 Å². The highest BCUT2D eigenvalue weighted by molar-refractivity contribution is 7.13. The van der Waals surface area contributed by atoms with Crippen molar-refractivity contribution in [1.82, 2.24) is 10.3 Å². The zero-order valence-corrected chi connectivity index (χ0v) is 7.44. The van der Waals surface area contributed by atoms with Crippen molar-refractivity contribution >= 4 is 17.2 Å². The molecule has 0 fully saturated rings. The summed E-state index contributed by atoms with van der Waals surface area (Å²) in [6, 6.07) is 0.0454. The van der Waals surface area contributed by atoms with Crippen LogP contribution in [0.2, 0.25) is 0 Å². The number of rotatable bonds is 1. The maximum Gasteiger partial charge on any atom is 0.263 e. The lowest BCUT2D eigenvalue weighted by molar-refractivity contribution is 0.0961. The number of carbonyl (C=O) groups is 1. The fourth-order valence-corrected chi connectivity index (χ4v) is 2.19. The van der Waals surface area contributed by atoms with Gasteiger partial charge in [-0.1, -0.05) is 0 Å². The minimum Gasteiger partial charge on any atom is -0.343 e. The molecule has 1 aromatic rings. The van der Waals surface area contributed by atoms with E-state index in [-0.39, 0.29) is 11.9 Å². The van der Waals surface area contributed by atoms with Crippen molar-refractivity contribution in [2.75, 3.05) is 0 Å². The van der Waals surface area contributed by atoms with Crippen LogP contribution < -0.4 is 11.1 Å². The van der Waals surface area contributed by atoms with Crippen LogP contribution in [-0.4, -0.2) is 10.9 Å². The topological polar surface area (TPSA) is 68.0 Å². The van der Waals surface area contributed by atoms with Gasteiger partial charge in [0.1, 0.15) is 9.88 Å². The first-order valence-electron chi connectivity index (χ1n) is 3.73. The molecule has 1 atom stereocenters. The molecule has 2 heterocycles. The molecule has 1 aliphatic rings. The van der Waals surface area contributed by atoms with Gasteiger partial charge in [0.25, 0.3) is 5.91 Å².